The molecule has 0 spiro atoms. The zero-order valence-corrected chi connectivity index (χ0v) is 13.9. The van der Waals surface area contributed by atoms with Crippen molar-refractivity contribution in [1.29, 1.82) is 0 Å². The van der Waals surface area contributed by atoms with Gasteiger partial charge in [0.05, 0.1) is 35.7 Å². The first-order valence-electron chi connectivity index (χ1n) is 6.89. The molecule has 6 nitrogen and oxygen atoms in total. The lowest BCUT2D eigenvalue weighted by Crippen LogP contribution is -3.10. The molecule has 7 heteroatoms. The van der Waals surface area contributed by atoms with Crippen LogP contribution in [0.5, 0.6) is 0 Å². The van der Waals surface area contributed by atoms with E-state index in [4.69, 9.17) is 17.7 Å². The van der Waals surface area contributed by atoms with Crippen LogP contribution in [0, 0.1) is 5.41 Å². The van der Waals surface area contributed by atoms with Gasteiger partial charge < -0.3 is 14.2 Å². The molecule has 1 heterocycles. The largest absolute Gasteiger partial charge is 0.748 e. The van der Waals surface area contributed by atoms with Crippen molar-refractivity contribution in [2.75, 3.05) is 26.4 Å². The summed E-state index contributed by atoms with van der Waals surface area (Å²) in [5.41, 5.74) is -0.323. The lowest BCUT2D eigenvalue weighted by Gasteiger charge is -2.29. The summed E-state index contributed by atoms with van der Waals surface area (Å²) < 4.78 is 32.8. The summed E-state index contributed by atoms with van der Waals surface area (Å²) in [4.78, 5) is 13.4. The van der Waals surface area contributed by atoms with Gasteiger partial charge in [-0.25, -0.2) is 8.42 Å². The Bertz CT molecular complexity index is 389. The predicted molar refractivity (Wildman–Crippen MR) is 75.4 cm³/mol. The zero-order valence-electron chi connectivity index (χ0n) is 13.1. The summed E-state index contributed by atoms with van der Waals surface area (Å²) in [6.07, 6.45) is 3.62. The molecule has 0 aromatic heterocycles. The average Bonchev–Trinajstić information content (AvgIpc) is 2.30. The highest BCUT2D eigenvalue weighted by Crippen LogP contribution is 2.23. The summed E-state index contributed by atoms with van der Waals surface area (Å²) in [5, 5.41) is 0. The SMILES string of the molecule is CCC(C)(C)C(=O)OC1CC[NH+](C)CC1.CS(=O)(=O)[O-]. The molecular weight excluding hydrogens is 282 g/mol. The molecule has 0 amide bonds. The van der Waals surface area contributed by atoms with Gasteiger partial charge in [-0.2, -0.15) is 0 Å². The van der Waals surface area contributed by atoms with Crippen molar-refractivity contribution in [3.8, 4) is 0 Å². The van der Waals surface area contributed by atoms with E-state index in [2.05, 4.69) is 7.05 Å². The summed E-state index contributed by atoms with van der Waals surface area (Å²) in [6.45, 7) is 8.17. The molecule has 0 aromatic rings. The Hall–Kier alpha value is -0.660. The van der Waals surface area contributed by atoms with E-state index in [1.807, 2.05) is 20.8 Å². The molecule has 20 heavy (non-hydrogen) atoms. The third kappa shape index (κ3) is 9.28. The Kier molecular flexibility index (Phi) is 7.69. The van der Waals surface area contributed by atoms with Crippen LogP contribution < -0.4 is 4.90 Å². The minimum absolute atomic E-state index is 0.0328. The second-order valence-corrected chi connectivity index (χ2v) is 7.41. The highest BCUT2D eigenvalue weighted by atomic mass is 32.2. The number of hydrogen-bond acceptors (Lipinski definition) is 5. The van der Waals surface area contributed by atoms with E-state index in [1.54, 1.807) is 0 Å². The van der Waals surface area contributed by atoms with Crippen LogP contribution in [0.3, 0.4) is 0 Å². The van der Waals surface area contributed by atoms with Gasteiger partial charge in [0.25, 0.3) is 0 Å². The Morgan fingerprint density at radius 1 is 1.35 bits per heavy atom. The van der Waals surface area contributed by atoms with Crippen LogP contribution >= 0.6 is 0 Å². The third-order valence-electron chi connectivity index (χ3n) is 3.50. The van der Waals surface area contributed by atoms with Gasteiger partial charge in [-0.3, -0.25) is 4.79 Å². The first-order chi connectivity index (χ1) is 8.95. The second kappa shape index (κ2) is 7.95. The van der Waals surface area contributed by atoms with Gasteiger partial charge >= 0.3 is 5.97 Å². The fourth-order valence-electron chi connectivity index (χ4n) is 1.66. The van der Waals surface area contributed by atoms with Gasteiger partial charge in [0, 0.05) is 19.1 Å². The Labute approximate surface area is 122 Å². The van der Waals surface area contributed by atoms with Crippen molar-refractivity contribution in [2.45, 2.75) is 46.1 Å². The number of rotatable bonds is 3. The fourth-order valence-corrected chi connectivity index (χ4v) is 1.66. The average molecular weight is 309 g/mol. The maximum atomic E-state index is 11.8. The van der Waals surface area contributed by atoms with Gasteiger partial charge in [0.2, 0.25) is 0 Å². The molecule has 120 valence electrons. The van der Waals surface area contributed by atoms with E-state index in [1.165, 1.54) is 4.90 Å². The number of carbonyl (C=O) groups excluding carboxylic acids is 1. The number of esters is 1. The van der Waals surface area contributed by atoms with Crippen LogP contribution in [0.1, 0.15) is 40.0 Å². The van der Waals surface area contributed by atoms with Crippen molar-refractivity contribution < 1.29 is 27.4 Å². The molecule has 1 rings (SSSR count). The quantitative estimate of drug-likeness (QED) is 0.576. The lowest BCUT2D eigenvalue weighted by molar-refractivity contribution is -0.885. The fraction of sp³-hybridized carbons (Fsp3) is 0.923. The Morgan fingerprint density at radius 3 is 2.10 bits per heavy atom. The van der Waals surface area contributed by atoms with E-state index in [0.29, 0.717) is 6.26 Å². The number of quaternary nitrogens is 1. The van der Waals surface area contributed by atoms with E-state index in [0.717, 1.165) is 32.4 Å². The number of piperidine rings is 1. The van der Waals surface area contributed by atoms with Crippen molar-refractivity contribution in [2.24, 2.45) is 5.41 Å². The molecular formula is C13H27NO5S. The molecule has 0 aromatic carbocycles. The van der Waals surface area contributed by atoms with Gasteiger partial charge in [-0.15, -0.1) is 0 Å². The molecule has 0 bridgehead atoms. The van der Waals surface area contributed by atoms with Gasteiger partial charge in [0.1, 0.15) is 6.10 Å². The van der Waals surface area contributed by atoms with Crippen LogP contribution in [-0.4, -0.2) is 51.4 Å². The lowest BCUT2D eigenvalue weighted by atomic mass is 9.90. The van der Waals surface area contributed by atoms with Gasteiger partial charge in [-0.1, -0.05) is 6.92 Å². The molecule has 1 aliphatic rings. The Balaban J connectivity index is 0.000000621. The highest BCUT2D eigenvalue weighted by Gasteiger charge is 2.31. The number of ether oxygens (including phenoxy) is 1. The maximum Gasteiger partial charge on any atom is 0.311 e. The molecule has 0 unspecified atom stereocenters. The molecule has 0 atom stereocenters. The van der Waals surface area contributed by atoms with E-state index in [9.17, 15) is 4.79 Å². The van der Waals surface area contributed by atoms with Gasteiger partial charge in [-0.05, 0) is 20.3 Å². The smallest absolute Gasteiger partial charge is 0.311 e. The zero-order chi connectivity index (χ0) is 16.0. The van der Waals surface area contributed by atoms with Crippen LogP contribution in [0.4, 0.5) is 0 Å². The van der Waals surface area contributed by atoms with Gasteiger partial charge in [0.15, 0.2) is 0 Å². The van der Waals surface area contributed by atoms with Crippen molar-refractivity contribution in [3.63, 3.8) is 0 Å². The monoisotopic (exact) mass is 309 g/mol. The summed E-state index contributed by atoms with van der Waals surface area (Å²) in [7, 11) is -1.73. The third-order valence-corrected chi connectivity index (χ3v) is 3.50. The van der Waals surface area contributed by atoms with E-state index >= 15 is 0 Å². The Morgan fingerprint density at radius 2 is 1.75 bits per heavy atom. The molecule has 1 saturated heterocycles. The first-order valence-corrected chi connectivity index (χ1v) is 8.70. The van der Waals surface area contributed by atoms with Crippen molar-refractivity contribution in [3.05, 3.63) is 0 Å². The number of nitrogens with one attached hydrogen (secondary N) is 1. The molecule has 1 aliphatic heterocycles. The van der Waals surface area contributed by atoms with Crippen LogP contribution in [0.25, 0.3) is 0 Å². The second-order valence-electron chi connectivity index (χ2n) is 6.00. The summed E-state index contributed by atoms with van der Waals surface area (Å²) in [5.74, 6) is -0.0328. The molecule has 0 aliphatic carbocycles. The van der Waals surface area contributed by atoms with E-state index in [-0.39, 0.29) is 17.5 Å². The highest BCUT2D eigenvalue weighted by molar-refractivity contribution is 7.84. The van der Waals surface area contributed by atoms with Crippen molar-refractivity contribution in [1.82, 2.24) is 0 Å². The summed E-state index contributed by atoms with van der Waals surface area (Å²) in [6, 6.07) is 0. The minimum atomic E-state index is -3.92. The molecule has 1 N–H and O–H groups in total. The number of hydrogen-bond donors (Lipinski definition) is 1. The van der Waals surface area contributed by atoms with E-state index < -0.39 is 10.1 Å². The molecule has 0 radical (unpaired) electrons. The standard InChI is InChI=1S/C12H23NO2.CH4O3S/c1-5-12(2,3)11(14)15-10-6-8-13(4)9-7-10;1-5(2,3)4/h10H,5-9H2,1-4H3;1H3,(H,2,3,4). The number of likely N-dealkylation sites (tertiary alicyclic amines) is 1. The molecule has 0 saturated carbocycles. The van der Waals surface area contributed by atoms with Crippen molar-refractivity contribution >= 4 is 16.1 Å². The first kappa shape index (κ1) is 19.3. The topological polar surface area (TPSA) is 87.9 Å². The van der Waals surface area contributed by atoms with Crippen LogP contribution in [0.15, 0.2) is 0 Å². The normalized spacial score (nSPS) is 23.5. The minimum Gasteiger partial charge on any atom is -0.748 e. The maximum absolute atomic E-state index is 11.8. The summed E-state index contributed by atoms with van der Waals surface area (Å²) >= 11 is 0. The predicted octanol–water partition coefficient (Wildman–Crippen LogP) is -0.196. The van der Waals surface area contributed by atoms with Crippen LogP contribution in [0.2, 0.25) is 0 Å². The number of carbonyl (C=O) groups is 1. The van der Waals surface area contributed by atoms with Crippen LogP contribution in [-0.2, 0) is 19.6 Å². The molecule has 1 fully saturated rings.